The number of nitrogens with one attached hydrogen (secondary N) is 1. The Morgan fingerprint density at radius 1 is 1.45 bits per heavy atom. The first kappa shape index (κ1) is 15.7. The Labute approximate surface area is 124 Å². The highest BCUT2D eigenvalue weighted by molar-refractivity contribution is 5.95. The summed E-state index contributed by atoms with van der Waals surface area (Å²) < 4.78 is 13.3. The Balaban J connectivity index is 2.15. The van der Waals surface area contributed by atoms with Gasteiger partial charge in [0.1, 0.15) is 0 Å². The molecule has 0 saturated carbocycles. The Hall–Kier alpha value is -2.71. The number of hydrogen-bond acceptors (Lipinski definition) is 4. The average Bonchev–Trinajstić information content (AvgIpc) is 2.46. The molecule has 1 fully saturated rings. The number of nitro groups is 1. The molecule has 1 unspecified atom stereocenters. The number of hydrogen-bond donors (Lipinski definition) is 2. The zero-order valence-electron chi connectivity index (χ0n) is 11.5. The van der Waals surface area contributed by atoms with Crippen LogP contribution in [-0.2, 0) is 0 Å². The van der Waals surface area contributed by atoms with Gasteiger partial charge in [-0.2, -0.15) is 4.39 Å². The maximum absolute atomic E-state index is 13.3. The molecule has 0 bridgehead atoms. The van der Waals surface area contributed by atoms with E-state index in [0.29, 0.717) is 19.4 Å². The topological polar surface area (TPSA) is 113 Å². The summed E-state index contributed by atoms with van der Waals surface area (Å²) in [5.74, 6) is -1.49. The molecule has 1 aromatic carbocycles. The summed E-state index contributed by atoms with van der Waals surface area (Å²) in [4.78, 5) is 34.2. The van der Waals surface area contributed by atoms with E-state index in [1.54, 1.807) is 0 Å². The minimum atomic E-state index is -1.17. The van der Waals surface area contributed by atoms with Crippen LogP contribution in [0.1, 0.15) is 23.2 Å². The van der Waals surface area contributed by atoms with Gasteiger partial charge in [-0.1, -0.05) is 0 Å². The second-order valence-corrected chi connectivity index (χ2v) is 4.96. The van der Waals surface area contributed by atoms with Crippen molar-refractivity contribution >= 4 is 17.7 Å². The maximum atomic E-state index is 13.3. The smallest absolute Gasteiger partial charge is 0.404 e. The zero-order chi connectivity index (χ0) is 16.3. The third kappa shape index (κ3) is 3.48. The van der Waals surface area contributed by atoms with E-state index in [-0.39, 0.29) is 18.2 Å². The Bertz CT molecular complexity index is 622. The highest BCUT2D eigenvalue weighted by Crippen LogP contribution is 2.21. The fourth-order valence-electron chi connectivity index (χ4n) is 2.42. The maximum Gasteiger partial charge on any atom is 0.404 e. The highest BCUT2D eigenvalue weighted by Gasteiger charge is 2.27. The summed E-state index contributed by atoms with van der Waals surface area (Å²) in [6.07, 6.45) is 0.0521. The summed E-state index contributed by atoms with van der Waals surface area (Å²) in [6, 6.07) is 2.57. The molecule has 0 spiro atoms. The highest BCUT2D eigenvalue weighted by atomic mass is 19.1. The number of halogens is 1. The van der Waals surface area contributed by atoms with Crippen LogP contribution < -0.4 is 5.32 Å². The van der Waals surface area contributed by atoms with Crippen molar-refractivity contribution in [2.75, 3.05) is 13.1 Å². The number of carboxylic acid groups (broad SMARTS) is 1. The number of amides is 2. The molecule has 1 aliphatic rings. The zero-order valence-corrected chi connectivity index (χ0v) is 11.5. The number of rotatable bonds is 3. The number of nitrogens with zero attached hydrogens (tertiary/aromatic N) is 2. The molecule has 1 aliphatic heterocycles. The van der Waals surface area contributed by atoms with E-state index >= 15 is 0 Å². The number of nitro benzene ring substituents is 1. The number of carbonyl (C=O) groups is 2. The largest absolute Gasteiger partial charge is 0.465 e. The molecule has 2 amide bonds. The van der Waals surface area contributed by atoms with Crippen molar-refractivity contribution in [2.24, 2.45) is 0 Å². The standard InChI is InChI=1S/C13H14FN3O5/c14-10-4-3-8(6-11(10)17(21)22)12(18)16-5-1-2-9(7-16)15-13(19)20/h3-4,6,9,15H,1-2,5,7H2,(H,19,20). The predicted molar refractivity (Wildman–Crippen MR) is 73.1 cm³/mol. The molecular formula is C13H14FN3O5. The average molecular weight is 311 g/mol. The lowest BCUT2D eigenvalue weighted by Crippen LogP contribution is -2.49. The Morgan fingerprint density at radius 3 is 2.82 bits per heavy atom. The van der Waals surface area contributed by atoms with E-state index in [0.717, 1.165) is 12.1 Å². The summed E-state index contributed by atoms with van der Waals surface area (Å²) in [5.41, 5.74) is -0.757. The van der Waals surface area contributed by atoms with Gasteiger partial charge in [-0.25, -0.2) is 4.79 Å². The van der Waals surface area contributed by atoms with Gasteiger partial charge in [0.25, 0.3) is 5.91 Å². The van der Waals surface area contributed by atoms with Crippen LogP contribution in [0.3, 0.4) is 0 Å². The first-order valence-electron chi connectivity index (χ1n) is 6.61. The lowest BCUT2D eigenvalue weighted by Gasteiger charge is -2.32. The van der Waals surface area contributed by atoms with Gasteiger partial charge < -0.3 is 15.3 Å². The molecule has 1 aromatic rings. The lowest BCUT2D eigenvalue weighted by molar-refractivity contribution is -0.387. The molecule has 0 radical (unpaired) electrons. The molecule has 22 heavy (non-hydrogen) atoms. The number of carbonyl (C=O) groups excluding carboxylic acids is 1. The third-order valence-corrected chi connectivity index (χ3v) is 3.43. The Kier molecular flexibility index (Phi) is 4.54. The SMILES string of the molecule is O=C(O)NC1CCCN(C(=O)c2ccc(F)c([N+](=O)[O-])c2)C1. The van der Waals surface area contributed by atoms with E-state index in [2.05, 4.69) is 5.32 Å². The van der Waals surface area contributed by atoms with E-state index in [1.807, 2.05) is 0 Å². The predicted octanol–water partition coefficient (Wildman–Crippen LogP) is 1.61. The lowest BCUT2D eigenvalue weighted by atomic mass is 10.0. The van der Waals surface area contributed by atoms with Crippen LogP contribution in [0, 0.1) is 15.9 Å². The van der Waals surface area contributed by atoms with Crippen molar-refractivity contribution in [3.05, 3.63) is 39.7 Å². The van der Waals surface area contributed by atoms with E-state index < -0.39 is 28.4 Å². The number of likely N-dealkylation sites (tertiary alicyclic amines) is 1. The van der Waals surface area contributed by atoms with E-state index in [9.17, 15) is 24.1 Å². The van der Waals surface area contributed by atoms with Crippen LogP contribution in [0.25, 0.3) is 0 Å². The molecule has 2 rings (SSSR count). The number of benzene rings is 1. The van der Waals surface area contributed by atoms with Crippen molar-refractivity contribution in [1.29, 1.82) is 0 Å². The van der Waals surface area contributed by atoms with Crippen molar-refractivity contribution in [3.8, 4) is 0 Å². The summed E-state index contributed by atoms with van der Waals surface area (Å²) in [5, 5.41) is 21.7. The second kappa shape index (κ2) is 6.37. The van der Waals surface area contributed by atoms with Gasteiger partial charge in [0, 0.05) is 30.8 Å². The quantitative estimate of drug-likeness (QED) is 0.650. The fraction of sp³-hybridized carbons (Fsp3) is 0.385. The van der Waals surface area contributed by atoms with Crippen molar-refractivity contribution in [1.82, 2.24) is 10.2 Å². The minimum Gasteiger partial charge on any atom is -0.465 e. The van der Waals surface area contributed by atoms with Gasteiger partial charge in [0.05, 0.1) is 4.92 Å². The molecule has 1 atom stereocenters. The van der Waals surface area contributed by atoms with E-state index in [4.69, 9.17) is 5.11 Å². The van der Waals surface area contributed by atoms with Gasteiger partial charge >= 0.3 is 11.8 Å². The summed E-state index contributed by atoms with van der Waals surface area (Å²) in [7, 11) is 0. The minimum absolute atomic E-state index is 0.00377. The third-order valence-electron chi connectivity index (χ3n) is 3.43. The van der Waals surface area contributed by atoms with Crippen LogP contribution in [0.4, 0.5) is 14.9 Å². The van der Waals surface area contributed by atoms with Crippen LogP contribution in [0.15, 0.2) is 18.2 Å². The van der Waals surface area contributed by atoms with Gasteiger partial charge in [-0.3, -0.25) is 14.9 Å². The molecule has 9 heteroatoms. The molecule has 118 valence electrons. The Morgan fingerprint density at radius 2 is 2.18 bits per heavy atom. The monoisotopic (exact) mass is 311 g/mol. The van der Waals surface area contributed by atoms with E-state index in [1.165, 1.54) is 11.0 Å². The normalized spacial score (nSPS) is 17.9. The van der Waals surface area contributed by atoms with Crippen molar-refractivity contribution in [2.45, 2.75) is 18.9 Å². The van der Waals surface area contributed by atoms with Crippen LogP contribution in [-0.4, -0.2) is 46.1 Å². The molecular weight excluding hydrogens is 297 g/mol. The van der Waals surface area contributed by atoms with Gasteiger partial charge in [0.2, 0.25) is 5.82 Å². The van der Waals surface area contributed by atoms with Crippen LogP contribution in [0.2, 0.25) is 0 Å². The second-order valence-electron chi connectivity index (χ2n) is 4.96. The summed E-state index contributed by atoms with van der Waals surface area (Å²) >= 11 is 0. The van der Waals surface area contributed by atoms with Crippen molar-refractivity contribution < 1.29 is 24.0 Å². The molecule has 8 nitrogen and oxygen atoms in total. The summed E-state index contributed by atoms with van der Waals surface area (Å²) in [6.45, 7) is 0.595. The number of piperidine rings is 1. The van der Waals surface area contributed by atoms with Crippen LogP contribution >= 0.6 is 0 Å². The molecule has 2 N–H and O–H groups in total. The van der Waals surface area contributed by atoms with Gasteiger partial charge in [-0.15, -0.1) is 0 Å². The van der Waals surface area contributed by atoms with Crippen LogP contribution in [0.5, 0.6) is 0 Å². The molecule has 0 aliphatic carbocycles. The molecule has 1 saturated heterocycles. The molecule has 0 aromatic heterocycles. The van der Waals surface area contributed by atoms with Crippen molar-refractivity contribution in [3.63, 3.8) is 0 Å². The van der Waals surface area contributed by atoms with Gasteiger partial charge in [0.15, 0.2) is 0 Å². The first-order chi connectivity index (χ1) is 10.4. The van der Waals surface area contributed by atoms with Gasteiger partial charge in [-0.05, 0) is 25.0 Å². The molecule has 1 heterocycles. The fourth-order valence-corrected chi connectivity index (χ4v) is 2.42. The first-order valence-corrected chi connectivity index (χ1v) is 6.61.